The van der Waals surface area contributed by atoms with Gasteiger partial charge in [-0.3, -0.25) is 4.79 Å². The molecule has 1 fully saturated rings. The van der Waals surface area contributed by atoms with Crippen molar-refractivity contribution in [2.24, 2.45) is 5.92 Å². The van der Waals surface area contributed by atoms with Crippen LogP contribution in [0.2, 0.25) is 0 Å². The van der Waals surface area contributed by atoms with Gasteiger partial charge < -0.3 is 10.1 Å². The van der Waals surface area contributed by atoms with Gasteiger partial charge in [-0.15, -0.1) is 0 Å². The maximum Gasteiger partial charge on any atom is 0.246 e. The van der Waals surface area contributed by atoms with Crippen LogP contribution in [-0.4, -0.2) is 44.9 Å². The number of hydrogen-bond acceptors (Lipinski definition) is 4. The van der Waals surface area contributed by atoms with E-state index in [0.29, 0.717) is 31.7 Å². The number of carbonyl (C=O) groups is 1. The van der Waals surface area contributed by atoms with Crippen molar-refractivity contribution in [3.63, 3.8) is 0 Å². The number of aryl methyl sites for hydroxylation is 2. The summed E-state index contributed by atoms with van der Waals surface area (Å²) in [5.74, 6) is 0.492. The maximum absolute atomic E-state index is 13.1. The third kappa shape index (κ3) is 4.82. The molecule has 0 radical (unpaired) electrons. The molecule has 152 valence electrons. The molecule has 1 saturated heterocycles. The number of rotatable bonds is 7. The summed E-state index contributed by atoms with van der Waals surface area (Å²) >= 11 is 0. The lowest BCUT2D eigenvalue weighted by molar-refractivity contribution is -0.126. The van der Waals surface area contributed by atoms with Gasteiger partial charge in [0.15, 0.2) is 0 Å². The number of nitrogens with zero attached hydrogens (tertiary/aromatic N) is 1. The Morgan fingerprint density at radius 3 is 2.26 bits per heavy atom. The molecule has 1 amide bonds. The molecule has 0 saturated carbocycles. The van der Waals surface area contributed by atoms with Crippen LogP contribution in [0, 0.1) is 19.8 Å². The summed E-state index contributed by atoms with van der Waals surface area (Å²) < 4.78 is 33.1. The molecule has 1 N–H and O–H groups in total. The lowest BCUT2D eigenvalue weighted by Gasteiger charge is -2.32. The first-order chi connectivity index (χ1) is 12.7. The number of nitrogens with one attached hydrogen (secondary N) is 1. The van der Waals surface area contributed by atoms with E-state index in [-0.39, 0.29) is 22.8 Å². The van der Waals surface area contributed by atoms with Gasteiger partial charge in [-0.2, -0.15) is 4.31 Å². The lowest BCUT2D eigenvalue weighted by Crippen LogP contribution is -2.47. The molecule has 0 atom stereocenters. The molecule has 1 heterocycles. The van der Waals surface area contributed by atoms with Crippen molar-refractivity contribution >= 4 is 15.9 Å². The molecule has 1 aromatic rings. The van der Waals surface area contributed by atoms with E-state index in [1.54, 1.807) is 12.1 Å². The number of sulfonamides is 1. The fourth-order valence-electron chi connectivity index (χ4n) is 3.48. The summed E-state index contributed by atoms with van der Waals surface area (Å²) in [5.41, 5.74) is 1.91. The van der Waals surface area contributed by atoms with Crippen LogP contribution in [-0.2, 0) is 14.8 Å². The number of methoxy groups -OCH3 is 1. The molecule has 0 aromatic heterocycles. The number of benzene rings is 1. The van der Waals surface area contributed by atoms with Gasteiger partial charge in [0.25, 0.3) is 0 Å². The van der Waals surface area contributed by atoms with E-state index in [0.717, 1.165) is 24.0 Å². The van der Waals surface area contributed by atoms with Crippen molar-refractivity contribution in [2.75, 3.05) is 20.2 Å². The second kappa shape index (κ2) is 9.06. The molecule has 1 aromatic carbocycles. The van der Waals surface area contributed by atoms with Crippen LogP contribution < -0.4 is 10.1 Å². The van der Waals surface area contributed by atoms with Crippen molar-refractivity contribution in [1.82, 2.24) is 9.62 Å². The largest absolute Gasteiger partial charge is 0.495 e. The molecule has 0 bridgehead atoms. The minimum atomic E-state index is -3.63. The van der Waals surface area contributed by atoms with Gasteiger partial charge >= 0.3 is 0 Å². The van der Waals surface area contributed by atoms with Crippen molar-refractivity contribution < 1.29 is 17.9 Å². The average Bonchev–Trinajstić information content (AvgIpc) is 2.65. The Morgan fingerprint density at radius 1 is 1.19 bits per heavy atom. The molecule has 0 aliphatic carbocycles. The molecule has 6 nitrogen and oxygen atoms in total. The highest BCUT2D eigenvalue weighted by Crippen LogP contribution is 2.31. The van der Waals surface area contributed by atoms with Crippen molar-refractivity contribution in [3.8, 4) is 5.75 Å². The molecule has 7 heteroatoms. The Kier molecular flexibility index (Phi) is 7.28. The monoisotopic (exact) mass is 396 g/mol. The molecule has 0 unspecified atom stereocenters. The number of piperidine rings is 1. The second-order valence-electron chi connectivity index (χ2n) is 7.29. The van der Waals surface area contributed by atoms with E-state index in [4.69, 9.17) is 4.74 Å². The van der Waals surface area contributed by atoms with Crippen molar-refractivity contribution in [2.45, 2.75) is 64.3 Å². The maximum atomic E-state index is 13.1. The quantitative estimate of drug-likeness (QED) is 0.769. The van der Waals surface area contributed by atoms with E-state index in [1.165, 1.54) is 11.4 Å². The Bertz CT molecular complexity index is 764. The molecule has 0 spiro atoms. The summed E-state index contributed by atoms with van der Waals surface area (Å²) in [7, 11) is -2.14. The van der Waals surface area contributed by atoms with Crippen LogP contribution in [0.25, 0.3) is 0 Å². The summed E-state index contributed by atoms with van der Waals surface area (Å²) in [6, 6.07) is 3.49. The minimum Gasteiger partial charge on any atom is -0.495 e. The summed E-state index contributed by atoms with van der Waals surface area (Å²) in [6.45, 7) is 8.65. The van der Waals surface area contributed by atoms with Crippen LogP contribution in [0.4, 0.5) is 0 Å². The zero-order valence-electron chi connectivity index (χ0n) is 17.0. The first kappa shape index (κ1) is 21.7. The normalized spacial score (nSPS) is 16.5. The number of ether oxygens (including phenoxy) is 1. The number of amides is 1. The number of hydrogen-bond donors (Lipinski definition) is 1. The highest BCUT2D eigenvalue weighted by Gasteiger charge is 2.32. The Balaban J connectivity index is 2.09. The lowest BCUT2D eigenvalue weighted by atomic mass is 10.0. The predicted octanol–water partition coefficient (Wildman–Crippen LogP) is 3.02. The third-order valence-corrected chi connectivity index (χ3v) is 7.47. The first-order valence-corrected chi connectivity index (χ1v) is 11.1. The molecular formula is C20H32N2O4S. The zero-order chi connectivity index (χ0) is 20.2. The van der Waals surface area contributed by atoms with Gasteiger partial charge in [0, 0.05) is 25.0 Å². The standard InChI is InChI=1S/C20H32N2O4S/c1-6-16(7-2)20(23)21-17-8-10-22(11-9-17)27(24,25)19-13-15(4)14(3)12-18(19)26-5/h12-13,16-17H,6-11H2,1-5H3,(H,21,23). The molecule has 2 rings (SSSR count). The van der Waals surface area contributed by atoms with Crippen LogP contribution in [0.1, 0.15) is 50.7 Å². The van der Waals surface area contributed by atoms with Crippen LogP contribution in [0.5, 0.6) is 5.75 Å². The van der Waals surface area contributed by atoms with Gasteiger partial charge in [-0.25, -0.2) is 8.42 Å². The van der Waals surface area contributed by atoms with E-state index in [2.05, 4.69) is 5.32 Å². The van der Waals surface area contributed by atoms with E-state index < -0.39 is 10.0 Å². The Labute approximate surface area is 163 Å². The van der Waals surface area contributed by atoms with Gasteiger partial charge in [0.05, 0.1) is 7.11 Å². The first-order valence-electron chi connectivity index (χ1n) is 9.70. The third-order valence-electron chi connectivity index (χ3n) is 5.55. The average molecular weight is 397 g/mol. The van der Waals surface area contributed by atoms with E-state index in [1.807, 2.05) is 27.7 Å². The minimum absolute atomic E-state index is 0.0335. The number of carbonyl (C=O) groups excluding carboxylic acids is 1. The van der Waals surface area contributed by atoms with Gasteiger partial charge in [-0.1, -0.05) is 13.8 Å². The summed E-state index contributed by atoms with van der Waals surface area (Å²) in [5, 5.41) is 3.09. The highest BCUT2D eigenvalue weighted by atomic mass is 32.2. The fourth-order valence-corrected chi connectivity index (χ4v) is 5.17. The fraction of sp³-hybridized carbons (Fsp3) is 0.650. The Hall–Kier alpha value is -1.60. The summed E-state index contributed by atoms with van der Waals surface area (Å²) in [6.07, 6.45) is 2.89. The smallest absolute Gasteiger partial charge is 0.246 e. The molecular weight excluding hydrogens is 364 g/mol. The zero-order valence-corrected chi connectivity index (χ0v) is 17.9. The van der Waals surface area contributed by atoms with Gasteiger partial charge in [-0.05, 0) is 62.8 Å². The van der Waals surface area contributed by atoms with Gasteiger partial charge in [0.1, 0.15) is 10.6 Å². The molecule has 1 aliphatic rings. The van der Waals surface area contributed by atoms with Crippen molar-refractivity contribution in [1.29, 1.82) is 0 Å². The van der Waals surface area contributed by atoms with E-state index >= 15 is 0 Å². The van der Waals surface area contributed by atoms with E-state index in [9.17, 15) is 13.2 Å². The Morgan fingerprint density at radius 2 is 1.74 bits per heavy atom. The van der Waals surface area contributed by atoms with Crippen LogP contribution in [0.3, 0.4) is 0 Å². The second-order valence-corrected chi connectivity index (χ2v) is 9.19. The van der Waals surface area contributed by atoms with Gasteiger partial charge in [0.2, 0.25) is 15.9 Å². The molecule has 1 aliphatic heterocycles. The van der Waals surface area contributed by atoms with Crippen LogP contribution in [0.15, 0.2) is 17.0 Å². The van der Waals surface area contributed by atoms with Crippen molar-refractivity contribution in [3.05, 3.63) is 23.3 Å². The SMILES string of the molecule is CCC(CC)C(=O)NC1CCN(S(=O)(=O)c2cc(C)c(C)cc2OC)CC1. The van der Waals surface area contributed by atoms with Crippen LogP contribution >= 0.6 is 0 Å². The topological polar surface area (TPSA) is 75.7 Å². The molecule has 27 heavy (non-hydrogen) atoms. The highest BCUT2D eigenvalue weighted by molar-refractivity contribution is 7.89. The predicted molar refractivity (Wildman–Crippen MR) is 106 cm³/mol. The summed E-state index contributed by atoms with van der Waals surface area (Å²) in [4.78, 5) is 12.5.